The van der Waals surface area contributed by atoms with Crippen molar-refractivity contribution in [2.45, 2.75) is 45.1 Å². The molecule has 2 aromatic rings. The van der Waals surface area contributed by atoms with Crippen molar-refractivity contribution in [1.82, 2.24) is 10.3 Å². The standard InChI is InChI=1S/C17H22N2O/c1-12(10-13-6-7-13)19-17(20)9-8-14-11-18-16-5-3-2-4-15(14)16/h2-5,11-13,18H,6-10H2,1H3,(H,19,20). The molecule has 0 bridgehead atoms. The van der Waals surface area contributed by atoms with Crippen LogP contribution in [0.5, 0.6) is 0 Å². The van der Waals surface area contributed by atoms with Crippen LogP contribution in [0, 0.1) is 5.92 Å². The number of amides is 1. The third kappa shape index (κ3) is 3.21. The second-order valence-electron chi connectivity index (χ2n) is 6.01. The number of nitrogens with one attached hydrogen (secondary N) is 2. The molecule has 1 aliphatic carbocycles. The fourth-order valence-corrected chi connectivity index (χ4v) is 2.85. The van der Waals surface area contributed by atoms with Crippen molar-refractivity contribution in [3.8, 4) is 0 Å². The molecule has 1 saturated carbocycles. The van der Waals surface area contributed by atoms with E-state index in [1.165, 1.54) is 23.8 Å². The first-order chi connectivity index (χ1) is 9.72. The summed E-state index contributed by atoms with van der Waals surface area (Å²) in [6.07, 6.45) is 7.21. The summed E-state index contributed by atoms with van der Waals surface area (Å²) in [5.41, 5.74) is 2.37. The molecule has 3 heteroatoms. The number of para-hydroxylation sites is 1. The lowest BCUT2D eigenvalue weighted by Crippen LogP contribution is -2.32. The molecule has 1 atom stereocenters. The molecule has 0 aliphatic heterocycles. The Bertz CT molecular complexity index is 598. The van der Waals surface area contributed by atoms with Gasteiger partial charge in [0.1, 0.15) is 0 Å². The van der Waals surface area contributed by atoms with Gasteiger partial charge in [0.05, 0.1) is 0 Å². The average Bonchev–Trinajstić information content (AvgIpc) is 3.14. The molecule has 106 valence electrons. The quantitative estimate of drug-likeness (QED) is 0.830. The molecule has 1 unspecified atom stereocenters. The Kier molecular flexibility index (Phi) is 3.77. The molecule has 1 fully saturated rings. The van der Waals surface area contributed by atoms with Gasteiger partial charge in [-0.2, -0.15) is 0 Å². The van der Waals surface area contributed by atoms with Crippen molar-refractivity contribution in [3.63, 3.8) is 0 Å². The molecule has 3 rings (SSSR count). The first-order valence-corrected chi connectivity index (χ1v) is 7.56. The van der Waals surface area contributed by atoms with Crippen molar-refractivity contribution in [2.75, 3.05) is 0 Å². The summed E-state index contributed by atoms with van der Waals surface area (Å²) in [5, 5.41) is 4.34. The van der Waals surface area contributed by atoms with Gasteiger partial charge in [0, 0.05) is 29.6 Å². The number of H-pyrrole nitrogens is 1. The van der Waals surface area contributed by atoms with E-state index in [2.05, 4.69) is 29.4 Å². The van der Waals surface area contributed by atoms with Gasteiger partial charge in [0.15, 0.2) is 0 Å². The van der Waals surface area contributed by atoms with E-state index in [-0.39, 0.29) is 5.91 Å². The Balaban J connectivity index is 1.52. The maximum atomic E-state index is 12.0. The van der Waals surface area contributed by atoms with E-state index in [1.807, 2.05) is 18.3 Å². The van der Waals surface area contributed by atoms with E-state index in [1.54, 1.807) is 0 Å². The third-order valence-corrected chi connectivity index (χ3v) is 4.09. The molecule has 2 N–H and O–H groups in total. The number of carbonyl (C=O) groups excluding carboxylic acids is 1. The number of aromatic nitrogens is 1. The zero-order chi connectivity index (χ0) is 13.9. The highest BCUT2D eigenvalue weighted by Gasteiger charge is 2.24. The molecule has 1 aromatic carbocycles. The van der Waals surface area contributed by atoms with Gasteiger partial charge in [-0.05, 0) is 37.3 Å². The van der Waals surface area contributed by atoms with E-state index in [0.29, 0.717) is 12.5 Å². The molecule has 0 radical (unpaired) electrons. The minimum Gasteiger partial charge on any atom is -0.361 e. The zero-order valence-electron chi connectivity index (χ0n) is 12.0. The van der Waals surface area contributed by atoms with Gasteiger partial charge in [-0.3, -0.25) is 4.79 Å². The lowest BCUT2D eigenvalue weighted by molar-refractivity contribution is -0.121. The zero-order valence-corrected chi connectivity index (χ0v) is 12.0. The Morgan fingerprint density at radius 1 is 1.40 bits per heavy atom. The van der Waals surface area contributed by atoms with Gasteiger partial charge in [0.2, 0.25) is 5.91 Å². The summed E-state index contributed by atoms with van der Waals surface area (Å²) in [6.45, 7) is 2.11. The number of fused-ring (bicyclic) bond motifs is 1. The molecule has 0 saturated heterocycles. The highest BCUT2D eigenvalue weighted by atomic mass is 16.1. The fraction of sp³-hybridized carbons (Fsp3) is 0.471. The van der Waals surface area contributed by atoms with Gasteiger partial charge >= 0.3 is 0 Å². The summed E-state index contributed by atoms with van der Waals surface area (Å²) < 4.78 is 0. The van der Waals surface area contributed by atoms with Gasteiger partial charge in [0.25, 0.3) is 0 Å². The van der Waals surface area contributed by atoms with Gasteiger partial charge in [-0.25, -0.2) is 0 Å². The Morgan fingerprint density at radius 2 is 2.20 bits per heavy atom. The van der Waals surface area contributed by atoms with Crippen LogP contribution in [0.3, 0.4) is 0 Å². The number of aromatic amines is 1. The van der Waals surface area contributed by atoms with E-state index >= 15 is 0 Å². The Hall–Kier alpha value is -1.77. The summed E-state index contributed by atoms with van der Waals surface area (Å²) in [7, 11) is 0. The predicted molar refractivity (Wildman–Crippen MR) is 81.6 cm³/mol. The van der Waals surface area contributed by atoms with Gasteiger partial charge < -0.3 is 10.3 Å². The number of carbonyl (C=O) groups is 1. The molecule has 3 nitrogen and oxygen atoms in total. The van der Waals surface area contributed by atoms with Gasteiger partial charge in [-0.15, -0.1) is 0 Å². The van der Waals surface area contributed by atoms with E-state index < -0.39 is 0 Å². The Morgan fingerprint density at radius 3 is 3.00 bits per heavy atom. The smallest absolute Gasteiger partial charge is 0.220 e. The van der Waals surface area contributed by atoms with E-state index in [4.69, 9.17) is 0 Å². The van der Waals surface area contributed by atoms with Crippen molar-refractivity contribution in [1.29, 1.82) is 0 Å². The monoisotopic (exact) mass is 270 g/mol. The van der Waals surface area contributed by atoms with Crippen LogP contribution in [0.2, 0.25) is 0 Å². The maximum absolute atomic E-state index is 12.0. The number of benzene rings is 1. The van der Waals surface area contributed by atoms with Crippen LogP contribution < -0.4 is 5.32 Å². The van der Waals surface area contributed by atoms with Crippen molar-refractivity contribution in [3.05, 3.63) is 36.0 Å². The molecule has 1 aliphatic rings. The Labute approximate surface area is 119 Å². The van der Waals surface area contributed by atoms with Crippen LogP contribution in [0.1, 0.15) is 38.2 Å². The van der Waals surface area contributed by atoms with Crippen LogP contribution in [0.25, 0.3) is 10.9 Å². The summed E-state index contributed by atoms with van der Waals surface area (Å²) >= 11 is 0. The molecular weight excluding hydrogens is 248 g/mol. The van der Waals surface area contributed by atoms with Crippen molar-refractivity contribution >= 4 is 16.8 Å². The largest absolute Gasteiger partial charge is 0.361 e. The number of aryl methyl sites for hydroxylation is 1. The van der Waals surface area contributed by atoms with Crippen LogP contribution in [0.4, 0.5) is 0 Å². The van der Waals surface area contributed by atoms with Crippen LogP contribution in [-0.4, -0.2) is 16.9 Å². The topological polar surface area (TPSA) is 44.9 Å². The second kappa shape index (κ2) is 5.70. The van der Waals surface area contributed by atoms with Crippen LogP contribution in [-0.2, 0) is 11.2 Å². The first-order valence-electron chi connectivity index (χ1n) is 7.56. The van der Waals surface area contributed by atoms with Crippen LogP contribution >= 0.6 is 0 Å². The SMILES string of the molecule is CC(CC1CC1)NC(=O)CCc1c[nH]c2ccccc12. The number of hydrogen-bond acceptors (Lipinski definition) is 1. The van der Waals surface area contributed by atoms with Crippen molar-refractivity contribution < 1.29 is 4.79 Å². The molecule has 1 aromatic heterocycles. The number of hydrogen-bond donors (Lipinski definition) is 2. The summed E-state index contributed by atoms with van der Waals surface area (Å²) in [4.78, 5) is 15.2. The van der Waals surface area contributed by atoms with E-state index in [0.717, 1.165) is 24.3 Å². The maximum Gasteiger partial charge on any atom is 0.220 e. The third-order valence-electron chi connectivity index (χ3n) is 4.09. The highest BCUT2D eigenvalue weighted by molar-refractivity contribution is 5.84. The molecule has 20 heavy (non-hydrogen) atoms. The minimum absolute atomic E-state index is 0.170. The van der Waals surface area contributed by atoms with E-state index in [9.17, 15) is 4.79 Å². The molecule has 1 amide bonds. The fourth-order valence-electron chi connectivity index (χ4n) is 2.85. The lowest BCUT2D eigenvalue weighted by atomic mass is 10.1. The number of rotatable bonds is 6. The average molecular weight is 270 g/mol. The van der Waals surface area contributed by atoms with Gasteiger partial charge in [-0.1, -0.05) is 31.0 Å². The lowest BCUT2D eigenvalue weighted by Gasteiger charge is -2.13. The summed E-state index contributed by atoms with van der Waals surface area (Å²) in [6, 6.07) is 8.55. The molecule has 1 heterocycles. The minimum atomic E-state index is 0.170. The molecule has 0 spiro atoms. The predicted octanol–water partition coefficient (Wildman–Crippen LogP) is 3.41. The summed E-state index contributed by atoms with van der Waals surface area (Å²) in [5.74, 6) is 1.03. The van der Waals surface area contributed by atoms with Crippen molar-refractivity contribution in [2.24, 2.45) is 5.92 Å². The normalized spacial score (nSPS) is 16.2. The van der Waals surface area contributed by atoms with Crippen LogP contribution in [0.15, 0.2) is 30.5 Å². The highest BCUT2D eigenvalue weighted by Crippen LogP contribution is 2.33. The first kappa shape index (κ1) is 13.2. The molecular formula is C17H22N2O. The second-order valence-corrected chi connectivity index (χ2v) is 6.01.